The number of hydrogen-bond acceptors (Lipinski definition) is 2. The first-order valence-electron chi connectivity index (χ1n) is 5.38. The highest BCUT2D eigenvalue weighted by Crippen LogP contribution is 2.39. The van der Waals surface area contributed by atoms with Gasteiger partial charge in [-0.25, -0.2) is 4.98 Å². The van der Waals surface area contributed by atoms with Gasteiger partial charge in [-0.05, 0) is 32.6 Å². The van der Waals surface area contributed by atoms with Gasteiger partial charge >= 0.3 is 0 Å². The maximum atomic E-state index is 11.8. The SMILES string of the molecule is Cc1nc2c(n1C1CC1)C(=O)CCC2. The Morgan fingerprint density at radius 3 is 2.86 bits per heavy atom. The summed E-state index contributed by atoms with van der Waals surface area (Å²) in [5.74, 6) is 1.34. The number of Topliss-reactive ketones (excluding diaryl/α,β-unsaturated/α-hetero) is 1. The zero-order valence-electron chi connectivity index (χ0n) is 8.42. The van der Waals surface area contributed by atoms with Crippen molar-refractivity contribution in [3.05, 3.63) is 17.2 Å². The van der Waals surface area contributed by atoms with Crippen LogP contribution < -0.4 is 0 Å². The third kappa shape index (κ3) is 1.04. The van der Waals surface area contributed by atoms with Gasteiger partial charge in [-0.1, -0.05) is 0 Å². The summed E-state index contributed by atoms with van der Waals surface area (Å²) in [7, 11) is 0. The molecule has 3 heteroatoms. The molecular formula is C11H14N2O. The first kappa shape index (κ1) is 8.21. The van der Waals surface area contributed by atoms with Crippen molar-refractivity contribution < 1.29 is 4.79 Å². The fraction of sp³-hybridized carbons (Fsp3) is 0.636. The van der Waals surface area contributed by atoms with E-state index in [1.165, 1.54) is 12.8 Å². The van der Waals surface area contributed by atoms with Gasteiger partial charge in [0, 0.05) is 12.5 Å². The van der Waals surface area contributed by atoms with Crippen LogP contribution in [-0.4, -0.2) is 15.3 Å². The minimum Gasteiger partial charge on any atom is -0.322 e. The molecule has 0 spiro atoms. The van der Waals surface area contributed by atoms with E-state index in [2.05, 4.69) is 9.55 Å². The summed E-state index contributed by atoms with van der Waals surface area (Å²) in [6.45, 7) is 2.02. The Balaban J connectivity index is 2.17. The highest BCUT2D eigenvalue weighted by molar-refractivity contribution is 5.96. The number of hydrogen-bond donors (Lipinski definition) is 0. The number of fused-ring (bicyclic) bond motifs is 1. The quantitative estimate of drug-likeness (QED) is 0.679. The molecule has 1 heterocycles. The lowest BCUT2D eigenvalue weighted by Crippen LogP contribution is -2.15. The Kier molecular flexibility index (Phi) is 1.58. The lowest BCUT2D eigenvalue weighted by Gasteiger charge is -2.12. The van der Waals surface area contributed by atoms with Gasteiger partial charge in [0.2, 0.25) is 0 Å². The summed E-state index contributed by atoms with van der Waals surface area (Å²) in [4.78, 5) is 16.3. The molecule has 1 saturated carbocycles. The van der Waals surface area contributed by atoms with Gasteiger partial charge in [0.1, 0.15) is 11.5 Å². The predicted octanol–water partition coefficient (Wildman–Crippen LogP) is 2.05. The largest absolute Gasteiger partial charge is 0.322 e. The van der Waals surface area contributed by atoms with Gasteiger partial charge < -0.3 is 4.57 Å². The number of aryl methyl sites for hydroxylation is 2. The number of aromatic nitrogens is 2. The van der Waals surface area contributed by atoms with Crippen LogP contribution in [0.4, 0.5) is 0 Å². The molecule has 0 atom stereocenters. The number of rotatable bonds is 1. The number of carbonyl (C=O) groups is 1. The molecule has 1 aromatic heterocycles. The number of carbonyl (C=O) groups excluding carboxylic acids is 1. The third-order valence-electron chi connectivity index (χ3n) is 3.15. The van der Waals surface area contributed by atoms with E-state index in [9.17, 15) is 4.79 Å². The van der Waals surface area contributed by atoms with Crippen molar-refractivity contribution in [2.24, 2.45) is 0 Å². The smallest absolute Gasteiger partial charge is 0.181 e. The van der Waals surface area contributed by atoms with Crippen molar-refractivity contribution in [3.8, 4) is 0 Å². The van der Waals surface area contributed by atoms with Crippen molar-refractivity contribution >= 4 is 5.78 Å². The molecule has 1 fully saturated rings. The Bertz CT molecular complexity index is 402. The highest BCUT2D eigenvalue weighted by atomic mass is 16.1. The maximum Gasteiger partial charge on any atom is 0.181 e. The highest BCUT2D eigenvalue weighted by Gasteiger charge is 2.33. The molecule has 3 rings (SSSR count). The van der Waals surface area contributed by atoms with E-state index in [0.717, 1.165) is 30.1 Å². The van der Waals surface area contributed by atoms with E-state index >= 15 is 0 Å². The molecule has 3 nitrogen and oxygen atoms in total. The molecule has 0 unspecified atom stereocenters. The van der Waals surface area contributed by atoms with Crippen LogP contribution in [0.3, 0.4) is 0 Å². The molecule has 0 aromatic carbocycles. The fourth-order valence-electron chi connectivity index (χ4n) is 2.39. The summed E-state index contributed by atoms with van der Waals surface area (Å²) >= 11 is 0. The second-order valence-electron chi connectivity index (χ2n) is 4.33. The minimum absolute atomic E-state index is 0.304. The third-order valence-corrected chi connectivity index (χ3v) is 3.15. The molecule has 0 radical (unpaired) electrons. The second kappa shape index (κ2) is 2.69. The van der Waals surface area contributed by atoms with Gasteiger partial charge in [0.25, 0.3) is 0 Å². The molecule has 0 aliphatic heterocycles. The molecule has 14 heavy (non-hydrogen) atoms. The molecule has 1 aromatic rings. The van der Waals surface area contributed by atoms with Gasteiger partial charge in [0.05, 0.1) is 5.69 Å². The summed E-state index contributed by atoms with van der Waals surface area (Å²) in [5, 5.41) is 0. The molecule has 0 bridgehead atoms. The zero-order valence-corrected chi connectivity index (χ0v) is 8.42. The van der Waals surface area contributed by atoms with Crippen LogP contribution in [0.25, 0.3) is 0 Å². The van der Waals surface area contributed by atoms with Crippen LogP contribution in [0.15, 0.2) is 0 Å². The molecule has 0 N–H and O–H groups in total. The average molecular weight is 190 g/mol. The maximum absolute atomic E-state index is 11.8. The normalized spacial score (nSPS) is 21.1. The summed E-state index contributed by atoms with van der Waals surface area (Å²) < 4.78 is 2.18. The number of ketones is 1. The van der Waals surface area contributed by atoms with Crippen molar-refractivity contribution in [2.45, 2.75) is 45.1 Å². The Morgan fingerprint density at radius 2 is 2.14 bits per heavy atom. The van der Waals surface area contributed by atoms with Crippen LogP contribution in [0, 0.1) is 6.92 Å². The van der Waals surface area contributed by atoms with E-state index in [-0.39, 0.29) is 0 Å². The standard InChI is InChI=1S/C11H14N2O/c1-7-12-9-3-2-4-10(14)11(9)13(7)8-5-6-8/h8H,2-6H2,1H3. The van der Waals surface area contributed by atoms with E-state index in [0.29, 0.717) is 18.2 Å². The Hall–Kier alpha value is -1.12. The number of nitrogens with zero attached hydrogens (tertiary/aromatic N) is 2. The Morgan fingerprint density at radius 1 is 1.36 bits per heavy atom. The Labute approximate surface area is 83.1 Å². The summed E-state index contributed by atoms with van der Waals surface area (Å²) in [6, 6.07) is 0.577. The lowest BCUT2D eigenvalue weighted by molar-refractivity contribution is 0.0962. The topological polar surface area (TPSA) is 34.9 Å². The fourth-order valence-corrected chi connectivity index (χ4v) is 2.39. The average Bonchev–Trinajstić information content (AvgIpc) is 2.90. The summed E-state index contributed by atoms with van der Waals surface area (Å²) in [5.41, 5.74) is 1.97. The first-order valence-corrected chi connectivity index (χ1v) is 5.38. The van der Waals surface area contributed by atoms with Crippen LogP contribution in [-0.2, 0) is 6.42 Å². The first-order chi connectivity index (χ1) is 6.77. The van der Waals surface area contributed by atoms with Gasteiger partial charge in [0.15, 0.2) is 5.78 Å². The molecule has 2 aliphatic carbocycles. The van der Waals surface area contributed by atoms with Gasteiger partial charge in [-0.3, -0.25) is 4.79 Å². The van der Waals surface area contributed by atoms with E-state index in [1.54, 1.807) is 0 Å². The molecular weight excluding hydrogens is 176 g/mol. The van der Waals surface area contributed by atoms with Crippen LogP contribution in [0.2, 0.25) is 0 Å². The van der Waals surface area contributed by atoms with Crippen molar-refractivity contribution in [1.82, 2.24) is 9.55 Å². The molecule has 74 valence electrons. The van der Waals surface area contributed by atoms with Crippen molar-refractivity contribution in [2.75, 3.05) is 0 Å². The molecule has 2 aliphatic rings. The van der Waals surface area contributed by atoms with E-state index in [1.807, 2.05) is 6.92 Å². The zero-order chi connectivity index (χ0) is 9.71. The predicted molar refractivity (Wildman–Crippen MR) is 52.5 cm³/mol. The lowest BCUT2D eigenvalue weighted by atomic mass is 10.00. The van der Waals surface area contributed by atoms with Crippen molar-refractivity contribution in [1.29, 1.82) is 0 Å². The molecule has 0 amide bonds. The van der Waals surface area contributed by atoms with Crippen LogP contribution >= 0.6 is 0 Å². The monoisotopic (exact) mass is 190 g/mol. The number of imidazole rings is 1. The second-order valence-corrected chi connectivity index (χ2v) is 4.33. The summed E-state index contributed by atoms with van der Waals surface area (Å²) in [6.07, 6.45) is 5.12. The minimum atomic E-state index is 0.304. The van der Waals surface area contributed by atoms with Crippen molar-refractivity contribution in [3.63, 3.8) is 0 Å². The van der Waals surface area contributed by atoms with Gasteiger partial charge in [-0.15, -0.1) is 0 Å². The van der Waals surface area contributed by atoms with Crippen LogP contribution in [0.5, 0.6) is 0 Å². The van der Waals surface area contributed by atoms with Gasteiger partial charge in [-0.2, -0.15) is 0 Å². The molecule has 0 saturated heterocycles. The van der Waals surface area contributed by atoms with E-state index in [4.69, 9.17) is 0 Å². The van der Waals surface area contributed by atoms with Crippen LogP contribution in [0.1, 0.15) is 53.7 Å². The van der Waals surface area contributed by atoms with E-state index < -0.39 is 0 Å².